The van der Waals surface area contributed by atoms with Crippen LogP contribution in [0.25, 0.3) is 0 Å². The van der Waals surface area contributed by atoms with E-state index < -0.39 is 28.0 Å². The van der Waals surface area contributed by atoms with Gasteiger partial charge in [-0.15, -0.1) is 13.2 Å². The van der Waals surface area contributed by atoms with Crippen LogP contribution < -0.4 is 15.0 Å². The van der Waals surface area contributed by atoms with Gasteiger partial charge < -0.3 is 19.7 Å². The van der Waals surface area contributed by atoms with Crippen LogP contribution in [0.1, 0.15) is 23.2 Å². The first-order valence-corrected chi connectivity index (χ1v) is 12.2. The van der Waals surface area contributed by atoms with Gasteiger partial charge in [0, 0.05) is 37.6 Å². The molecule has 2 aliphatic heterocycles. The van der Waals surface area contributed by atoms with Gasteiger partial charge in [0.1, 0.15) is 5.75 Å². The molecule has 0 spiro atoms. The SMILES string of the molecule is O=C(Nc1ccc(OC(F)(F)F)cc1)c1cc(S(=O)(=O)N2CCOCC2)ccc1N1CCCC1. The highest BCUT2D eigenvalue weighted by Crippen LogP contribution is 2.30. The Hall–Kier alpha value is -2.83. The van der Waals surface area contributed by atoms with E-state index in [1.807, 2.05) is 4.90 Å². The molecule has 0 saturated carbocycles. The van der Waals surface area contributed by atoms with Gasteiger partial charge >= 0.3 is 6.36 Å². The molecule has 0 aliphatic carbocycles. The Bertz CT molecular complexity index is 1130. The molecule has 2 aromatic carbocycles. The minimum Gasteiger partial charge on any atom is -0.406 e. The number of morpholine rings is 1. The number of nitrogens with zero attached hydrogens (tertiary/aromatic N) is 2. The number of alkyl halides is 3. The third-order valence-electron chi connectivity index (χ3n) is 5.61. The molecule has 2 heterocycles. The number of benzene rings is 2. The standard InChI is InChI=1S/C22H24F3N3O5S/c23-22(24,25)33-17-5-3-16(4-6-17)26-21(29)19-15-18(7-8-20(19)27-9-1-2-10-27)34(30,31)28-11-13-32-14-12-28/h3-8,15H,1-2,9-14H2,(H,26,29). The number of sulfonamides is 1. The number of halogens is 3. The molecule has 1 amide bonds. The lowest BCUT2D eigenvalue weighted by molar-refractivity contribution is -0.274. The highest BCUT2D eigenvalue weighted by Gasteiger charge is 2.31. The van der Waals surface area contributed by atoms with Crippen molar-refractivity contribution in [1.82, 2.24) is 4.31 Å². The number of hydrogen-bond acceptors (Lipinski definition) is 6. The van der Waals surface area contributed by atoms with Gasteiger partial charge in [0.25, 0.3) is 5.91 Å². The van der Waals surface area contributed by atoms with E-state index in [2.05, 4.69) is 10.1 Å². The van der Waals surface area contributed by atoms with Gasteiger partial charge in [-0.05, 0) is 55.3 Å². The van der Waals surface area contributed by atoms with Crippen LogP contribution in [0.4, 0.5) is 24.5 Å². The minimum atomic E-state index is -4.82. The molecule has 8 nitrogen and oxygen atoms in total. The summed E-state index contributed by atoms with van der Waals surface area (Å²) >= 11 is 0. The van der Waals surface area contributed by atoms with Gasteiger partial charge in [-0.2, -0.15) is 4.31 Å². The predicted molar refractivity (Wildman–Crippen MR) is 119 cm³/mol. The Morgan fingerprint density at radius 2 is 1.62 bits per heavy atom. The fraction of sp³-hybridized carbons (Fsp3) is 0.409. The molecular formula is C22H24F3N3O5S. The Kier molecular flexibility index (Phi) is 7.01. The second-order valence-corrected chi connectivity index (χ2v) is 9.85. The van der Waals surface area contributed by atoms with Crippen molar-refractivity contribution < 1.29 is 35.9 Å². The summed E-state index contributed by atoms with van der Waals surface area (Å²) in [6.07, 6.45) is -2.91. The summed E-state index contributed by atoms with van der Waals surface area (Å²) in [5, 5.41) is 2.64. The van der Waals surface area contributed by atoms with Crippen LogP contribution in [0.3, 0.4) is 0 Å². The molecule has 0 bridgehead atoms. The molecule has 4 rings (SSSR count). The number of anilines is 2. The number of amides is 1. The van der Waals surface area contributed by atoms with Crippen molar-refractivity contribution in [1.29, 1.82) is 0 Å². The third kappa shape index (κ3) is 5.62. The first kappa shape index (κ1) is 24.3. The molecule has 2 fully saturated rings. The van der Waals surface area contributed by atoms with Crippen LogP contribution in [0.15, 0.2) is 47.4 Å². The maximum absolute atomic E-state index is 13.2. The molecule has 12 heteroatoms. The average Bonchev–Trinajstić information content (AvgIpc) is 3.34. The molecule has 1 N–H and O–H groups in total. The van der Waals surface area contributed by atoms with E-state index in [1.165, 1.54) is 28.6 Å². The second-order valence-electron chi connectivity index (χ2n) is 7.92. The fourth-order valence-corrected chi connectivity index (χ4v) is 5.40. The lowest BCUT2D eigenvalue weighted by Gasteiger charge is -2.27. The zero-order valence-corrected chi connectivity index (χ0v) is 19.0. The van der Waals surface area contributed by atoms with Crippen molar-refractivity contribution in [3.05, 3.63) is 48.0 Å². The number of carbonyl (C=O) groups is 1. The number of hydrogen-bond donors (Lipinski definition) is 1. The predicted octanol–water partition coefficient (Wildman–Crippen LogP) is 3.46. The highest BCUT2D eigenvalue weighted by molar-refractivity contribution is 7.89. The molecule has 2 aromatic rings. The molecular weight excluding hydrogens is 475 g/mol. The summed E-state index contributed by atoms with van der Waals surface area (Å²) in [7, 11) is -3.82. The number of carbonyl (C=O) groups excluding carboxylic acids is 1. The molecule has 0 aromatic heterocycles. The lowest BCUT2D eigenvalue weighted by atomic mass is 10.1. The summed E-state index contributed by atoms with van der Waals surface area (Å²) in [6.45, 7) is 2.52. The molecule has 184 valence electrons. The topological polar surface area (TPSA) is 88.2 Å². The zero-order chi connectivity index (χ0) is 24.3. The van der Waals surface area contributed by atoms with Gasteiger partial charge in [0.2, 0.25) is 10.0 Å². The first-order chi connectivity index (χ1) is 16.1. The van der Waals surface area contributed by atoms with Crippen molar-refractivity contribution in [2.75, 3.05) is 49.6 Å². The Labute approximate surface area is 195 Å². The number of nitrogens with one attached hydrogen (secondary N) is 1. The molecule has 2 saturated heterocycles. The molecule has 0 unspecified atom stereocenters. The van der Waals surface area contributed by atoms with Crippen LogP contribution >= 0.6 is 0 Å². The third-order valence-corrected chi connectivity index (χ3v) is 7.51. The van der Waals surface area contributed by atoms with Gasteiger partial charge in [0.15, 0.2) is 0 Å². The van der Waals surface area contributed by atoms with E-state index in [4.69, 9.17) is 4.74 Å². The zero-order valence-electron chi connectivity index (χ0n) is 18.2. The quantitative estimate of drug-likeness (QED) is 0.655. The van der Waals surface area contributed by atoms with E-state index in [-0.39, 0.29) is 29.2 Å². The van der Waals surface area contributed by atoms with Crippen molar-refractivity contribution in [2.45, 2.75) is 24.1 Å². The maximum Gasteiger partial charge on any atom is 0.573 e. The van der Waals surface area contributed by atoms with Gasteiger partial charge in [0.05, 0.1) is 23.7 Å². The lowest BCUT2D eigenvalue weighted by Crippen LogP contribution is -2.40. The van der Waals surface area contributed by atoms with Gasteiger partial charge in [-0.25, -0.2) is 8.42 Å². The fourth-order valence-electron chi connectivity index (χ4n) is 3.97. The molecule has 0 radical (unpaired) electrons. The summed E-state index contributed by atoms with van der Waals surface area (Å²) in [5.74, 6) is -0.979. The van der Waals surface area contributed by atoms with Crippen LogP contribution in [0, 0.1) is 0 Å². The van der Waals surface area contributed by atoms with E-state index in [9.17, 15) is 26.4 Å². The summed E-state index contributed by atoms with van der Waals surface area (Å²) in [6, 6.07) is 9.22. The van der Waals surface area contributed by atoms with E-state index in [1.54, 1.807) is 6.07 Å². The molecule has 34 heavy (non-hydrogen) atoms. The van der Waals surface area contributed by atoms with Crippen LogP contribution in [-0.4, -0.2) is 64.4 Å². The monoisotopic (exact) mass is 499 g/mol. The van der Waals surface area contributed by atoms with Crippen molar-refractivity contribution >= 4 is 27.3 Å². The Morgan fingerprint density at radius 1 is 0.971 bits per heavy atom. The van der Waals surface area contributed by atoms with Crippen LogP contribution in [0.5, 0.6) is 5.75 Å². The largest absolute Gasteiger partial charge is 0.573 e. The minimum absolute atomic E-state index is 0.00331. The van der Waals surface area contributed by atoms with E-state index in [0.29, 0.717) is 18.9 Å². The Balaban J connectivity index is 1.61. The van der Waals surface area contributed by atoms with Gasteiger partial charge in [-0.3, -0.25) is 4.79 Å². The van der Waals surface area contributed by atoms with E-state index >= 15 is 0 Å². The Morgan fingerprint density at radius 3 is 2.24 bits per heavy atom. The number of ether oxygens (including phenoxy) is 2. The van der Waals surface area contributed by atoms with Crippen LogP contribution in [-0.2, 0) is 14.8 Å². The van der Waals surface area contributed by atoms with Crippen molar-refractivity contribution in [2.24, 2.45) is 0 Å². The first-order valence-electron chi connectivity index (χ1n) is 10.8. The average molecular weight is 500 g/mol. The second kappa shape index (κ2) is 9.80. The van der Waals surface area contributed by atoms with Crippen molar-refractivity contribution in [3.8, 4) is 5.75 Å². The van der Waals surface area contributed by atoms with Gasteiger partial charge in [-0.1, -0.05) is 0 Å². The van der Waals surface area contributed by atoms with Crippen molar-refractivity contribution in [3.63, 3.8) is 0 Å². The smallest absolute Gasteiger partial charge is 0.406 e. The summed E-state index contributed by atoms with van der Waals surface area (Å²) in [5.41, 5.74) is 1.02. The normalized spacial score (nSPS) is 17.6. The highest BCUT2D eigenvalue weighted by atomic mass is 32.2. The molecule has 0 atom stereocenters. The van der Waals surface area contributed by atoms with Crippen LogP contribution in [0.2, 0.25) is 0 Å². The molecule has 2 aliphatic rings. The summed E-state index contributed by atoms with van der Waals surface area (Å²) < 4.78 is 73.8. The number of rotatable bonds is 6. The summed E-state index contributed by atoms with van der Waals surface area (Å²) in [4.78, 5) is 15.2. The van der Waals surface area contributed by atoms with E-state index in [0.717, 1.165) is 38.1 Å². The maximum atomic E-state index is 13.2.